The van der Waals surface area contributed by atoms with Crippen molar-refractivity contribution in [2.24, 2.45) is 0 Å². The average Bonchev–Trinajstić information content (AvgIpc) is 3.14. The first-order valence-corrected chi connectivity index (χ1v) is 8.99. The lowest BCUT2D eigenvalue weighted by Crippen LogP contribution is -2.40. The van der Waals surface area contributed by atoms with E-state index < -0.39 is 48.4 Å². The number of hydrogen-bond donors (Lipinski definition) is 0. The molecule has 0 N–H and O–H groups in total. The summed E-state index contributed by atoms with van der Waals surface area (Å²) in [4.78, 5) is 50.5. The molecule has 1 aliphatic heterocycles. The quantitative estimate of drug-likeness (QED) is 0.465. The Morgan fingerprint density at radius 3 is 2.21 bits per heavy atom. The van der Waals surface area contributed by atoms with Crippen LogP contribution in [0.4, 0.5) is 0 Å². The summed E-state index contributed by atoms with van der Waals surface area (Å²) in [5, 5.41) is 0. The first-order chi connectivity index (χ1) is 13.6. The van der Waals surface area contributed by atoms with Gasteiger partial charge in [-0.05, 0) is 13.8 Å². The zero-order valence-corrected chi connectivity index (χ0v) is 16.9. The maximum absolute atomic E-state index is 12.1. The minimum atomic E-state index is -1.06. The highest BCUT2D eigenvalue weighted by atomic mass is 16.7. The molecule has 4 atom stereocenters. The first kappa shape index (κ1) is 22.3. The zero-order chi connectivity index (χ0) is 21.7. The molecule has 0 radical (unpaired) electrons. The molecule has 11 heteroatoms. The van der Waals surface area contributed by atoms with E-state index in [0.717, 1.165) is 0 Å². The Bertz CT molecular complexity index is 788. The number of carbonyl (C=O) groups is 4. The lowest BCUT2D eigenvalue weighted by molar-refractivity contribution is -0.166. The summed E-state index contributed by atoms with van der Waals surface area (Å²) in [7, 11) is 0. The Morgan fingerprint density at radius 1 is 1.03 bits per heavy atom. The molecule has 1 saturated heterocycles. The van der Waals surface area contributed by atoms with Crippen LogP contribution in [0, 0.1) is 6.92 Å². The van der Waals surface area contributed by atoms with Gasteiger partial charge in [-0.3, -0.25) is 14.4 Å². The topological polar surface area (TPSA) is 132 Å². The molecule has 160 valence electrons. The molecule has 29 heavy (non-hydrogen) atoms. The van der Waals surface area contributed by atoms with Gasteiger partial charge in [0, 0.05) is 20.8 Å². The van der Waals surface area contributed by atoms with E-state index in [9.17, 15) is 19.2 Å². The van der Waals surface area contributed by atoms with E-state index in [2.05, 4.69) is 4.98 Å². The van der Waals surface area contributed by atoms with Crippen molar-refractivity contribution in [1.82, 2.24) is 9.55 Å². The molecule has 0 spiro atoms. The van der Waals surface area contributed by atoms with Gasteiger partial charge in [-0.15, -0.1) is 0 Å². The molecule has 0 saturated carbocycles. The Morgan fingerprint density at radius 2 is 1.66 bits per heavy atom. The van der Waals surface area contributed by atoms with Crippen molar-refractivity contribution in [3.8, 4) is 0 Å². The van der Waals surface area contributed by atoms with Crippen LogP contribution in [0.15, 0.2) is 6.33 Å². The Kier molecular flexibility index (Phi) is 7.32. The molecule has 1 aromatic rings. The van der Waals surface area contributed by atoms with Gasteiger partial charge in [-0.2, -0.15) is 0 Å². The van der Waals surface area contributed by atoms with Crippen LogP contribution in [0.2, 0.25) is 0 Å². The van der Waals surface area contributed by atoms with Crippen LogP contribution in [0.5, 0.6) is 0 Å². The molecular weight excluding hydrogens is 388 g/mol. The SMILES string of the molecule is CCOC(=O)c1ncn([C@@H]2O[C@H](COC(C)=O)[C@@H](OC(C)=O)[C@H]2OC(C)=O)c1C. The van der Waals surface area contributed by atoms with Crippen molar-refractivity contribution in [2.45, 2.75) is 59.2 Å². The predicted molar refractivity (Wildman–Crippen MR) is 94.6 cm³/mol. The van der Waals surface area contributed by atoms with Crippen LogP contribution in [-0.4, -0.2) is 65.0 Å². The Balaban J connectivity index is 2.39. The first-order valence-electron chi connectivity index (χ1n) is 8.99. The van der Waals surface area contributed by atoms with Crippen molar-refractivity contribution < 1.29 is 42.9 Å². The average molecular weight is 412 g/mol. The van der Waals surface area contributed by atoms with Crippen molar-refractivity contribution in [3.63, 3.8) is 0 Å². The minimum absolute atomic E-state index is 0.0736. The summed E-state index contributed by atoms with van der Waals surface area (Å²) in [5.41, 5.74) is 0.477. The number of nitrogens with zero attached hydrogens (tertiary/aromatic N) is 2. The highest BCUT2D eigenvalue weighted by Gasteiger charge is 2.51. The highest BCUT2D eigenvalue weighted by molar-refractivity contribution is 5.88. The molecule has 0 bridgehead atoms. The van der Waals surface area contributed by atoms with Crippen LogP contribution in [0.25, 0.3) is 0 Å². The maximum atomic E-state index is 12.1. The van der Waals surface area contributed by atoms with E-state index in [0.29, 0.717) is 5.69 Å². The van der Waals surface area contributed by atoms with Gasteiger partial charge in [-0.1, -0.05) is 0 Å². The second-order valence-electron chi connectivity index (χ2n) is 6.32. The molecule has 2 heterocycles. The number of carbonyl (C=O) groups excluding carboxylic acids is 4. The van der Waals surface area contributed by atoms with Crippen LogP contribution < -0.4 is 0 Å². The fraction of sp³-hybridized carbons (Fsp3) is 0.611. The zero-order valence-electron chi connectivity index (χ0n) is 16.9. The number of ether oxygens (including phenoxy) is 5. The number of imidazole rings is 1. The summed E-state index contributed by atoms with van der Waals surface area (Å²) >= 11 is 0. The second kappa shape index (κ2) is 9.50. The summed E-state index contributed by atoms with van der Waals surface area (Å²) < 4.78 is 28.0. The van der Waals surface area contributed by atoms with Crippen molar-refractivity contribution in [2.75, 3.05) is 13.2 Å². The predicted octanol–water partition coefficient (Wildman–Crippen LogP) is 0.692. The maximum Gasteiger partial charge on any atom is 0.358 e. The van der Waals surface area contributed by atoms with E-state index in [1.54, 1.807) is 13.8 Å². The van der Waals surface area contributed by atoms with Crippen LogP contribution in [-0.2, 0) is 38.1 Å². The van der Waals surface area contributed by atoms with Gasteiger partial charge < -0.3 is 28.3 Å². The molecule has 11 nitrogen and oxygen atoms in total. The lowest BCUT2D eigenvalue weighted by atomic mass is 10.1. The normalized spacial score (nSPS) is 23.3. The molecule has 2 rings (SSSR count). The summed E-state index contributed by atoms with van der Waals surface area (Å²) in [6.45, 7) is 6.87. The highest BCUT2D eigenvalue weighted by Crippen LogP contribution is 2.35. The fourth-order valence-electron chi connectivity index (χ4n) is 3.00. The Hall–Kier alpha value is -2.95. The van der Waals surface area contributed by atoms with Crippen LogP contribution >= 0.6 is 0 Å². The number of hydrogen-bond acceptors (Lipinski definition) is 10. The molecule has 0 unspecified atom stereocenters. The monoisotopic (exact) mass is 412 g/mol. The third kappa shape index (κ3) is 5.31. The third-order valence-electron chi connectivity index (χ3n) is 4.12. The number of esters is 4. The minimum Gasteiger partial charge on any atom is -0.463 e. The molecule has 1 fully saturated rings. The molecular formula is C18H24N2O9. The van der Waals surface area contributed by atoms with Gasteiger partial charge in [0.2, 0.25) is 0 Å². The molecule has 0 amide bonds. The van der Waals surface area contributed by atoms with Crippen molar-refractivity contribution in [1.29, 1.82) is 0 Å². The van der Waals surface area contributed by atoms with Gasteiger partial charge in [0.05, 0.1) is 18.6 Å². The van der Waals surface area contributed by atoms with E-state index in [4.69, 9.17) is 23.7 Å². The third-order valence-corrected chi connectivity index (χ3v) is 4.12. The molecule has 0 aromatic carbocycles. The summed E-state index contributed by atoms with van der Waals surface area (Å²) in [6.07, 6.45) is -2.63. The largest absolute Gasteiger partial charge is 0.463 e. The fourth-order valence-corrected chi connectivity index (χ4v) is 3.00. The van der Waals surface area contributed by atoms with Crippen molar-refractivity contribution >= 4 is 23.9 Å². The van der Waals surface area contributed by atoms with Gasteiger partial charge >= 0.3 is 23.9 Å². The molecule has 0 aliphatic carbocycles. The van der Waals surface area contributed by atoms with Crippen molar-refractivity contribution in [3.05, 3.63) is 17.7 Å². The number of rotatable bonds is 7. The van der Waals surface area contributed by atoms with Gasteiger partial charge in [0.15, 0.2) is 24.1 Å². The number of aromatic nitrogens is 2. The second-order valence-corrected chi connectivity index (χ2v) is 6.32. The van der Waals surface area contributed by atoms with E-state index in [-0.39, 0.29) is 18.9 Å². The van der Waals surface area contributed by atoms with E-state index >= 15 is 0 Å². The lowest BCUT2D eigenvalue weighted by Gasteiger charge is -2.24. The van der Waals surface area contributed by atoms with Crippen LogP contribution in [0.3, 0.4) is 0 Å². The smallest absolute Gasteiger partial charge is 0.358 e. The Labute approximate surface area is 167 Å². The standard InChI is InChI=1S/C18H24N2O9/c1-6-25-18(24)14-9(2)20(8-19-14)17-16(28-12(5)23)15(27-11(4)22)13(29-17)7-26-10(3)21/h8,13,15-17H,6-7H2,1-5H3/t13-,15-,16-,17-/m1/s1. The van der Waals surface area contributed by atoms with Gasteiger partial charge in [-0.25, -0.2) is 9.78 Å². The van der Waals surface area contributed by atoms with E-state index in [1.165, 1.54) is 31.7 Å². The van der Waals surface area contributed by atoms with Gasteiger partial charge in [0.25, 0.3) is 0 Å². The molecule has 1 aliphatic rings. The summed E-state index contributed by atoms with van der Waals surface area (Å²) in [5.74, 6) is -2.42. The van der Waals surface area contributed by atoms with Gasteiger partial charge in [0.1, 0.15) is 12.7 Å². The van der Waals surface area contributed by atoms with E-state index in [1.807, 2.05) is 0 Å². The van der Waals surface area contributed by atoms with Crippen LogP contribution in [0.1, 0.15) is 50.1 Å². The summed E-state index contributed by atoms with van der Waals surface area (Å²) in [6, 6.07) is 0. The molecule has 1 aromatic heterocycles.